The Morgan fingerprint density at radius 1 is 0.488 bits per heavy atom. The lowest BCUT2D eigenvalue weighted by atomic mass is 9.77. The third-order valence-electron chi connectivity index (χ3n) is 16.4. The minimum Gasteiger partial charge on any atom is -0.458 e. The second kappa shape index (κ2) is 21.0. The number of hydrogen-bond donors (Lipinski definition) is 0. The molecule has 0 amide bonds. The number of nitrogens with zero attached hydrogens (tertiary/aromatic N) is 4. The number of aryl methyl sites for hydroxylation is 1. The van der Waals surface area contributed by atoms with Gasteiger partial charge in [0.15, 0.2) is 0 Å². The van der Waals surface area contributed by atoms with E-state index >= 15 is 0 Å². The number of imidazole rings is 1. The smallest absolute Gasteiger partial charge is 0.269 e. The molecule has 0 unspecified atom stereocenters. The van der Waals surface area contributed by atoms with Gasteiger partial charge in [-0.3, -0.25) is 13.7 Å². The molecule has 0 atom stereocenters. The molecule has 0 N–H and O–H groups in total. The fourth-order valence-electron chi connectivity index (χ4n) is 12.0. The molecule has 4 heterocycles. The van der Waals surface area contributed by atoms with Crippen LogP contribution in [0.25, 0.3) is 83.4 Å². The van der Waals surface area contributed by atoms with E-state index in [4.69, 9.17) is 13.8 Å². The normalized spacial score (nSPS) is 16.3. The van der Waals surface area contributed by atoms with Crippen LogP contribution in [0.1, 0.15) is 116 Å². The molecule has 0 spiro atoms. The highest BCUT2D eigenvalue weighted by molar-refractivity contribution is 7.11. The monoisotopic (exact) mass is 1160 g/mol. The highest BCUT2D eigenvalue weighted by Gasteiger charge is 2.39. The van der Waals surface area contributed by atoms with E-state index in [-0.39, 0.29) is 55.4 Å². The number of aromatic nitrogens is 4. The van der Waals surface area contributed by atoms with Crippen LogP contribution in [-0.4, -0.2) is 22.2 Å². The first-order valence-corrected chi connectivity index (χ1v) is 30.7. The molecule has 86 heavy (non-hydrogen) atoms. The maximum atomic E-state index is 10.2. The van der Waals surface area contributed by atoms with Crippen molar-refractivity contribution in [2.24, 2.45) is 0 Å². The first-order valence-electron chi connectivity index (χ1n) is 40.0. The minimum absolute atomic E-state index is 0.00483. The Morgan fingerprint density at radius 2 is 1.06 bits per heavy atom. The molecule has 0 saturated carbocycles. The molecule has 3 aromatic heterocycles. The van der Waals surface area contributed by atoms with Gasteiger partial charge in [0.05, 0.1) is 65.0 Å². The summed E-state index contributed by atoms with van der Waals surface area (Å²) in [4.78, 5) is 4.88. The zero-order valence-electron chi connectivity index (χ0n) is 72.0. The van der Waals surface area contributed by atoms with Crippen LogP contribution in [-0.2, 0) is 22.7 Å². The van der Waals surface area contributed by atoms with Gasteiger partial charge in [-0.25, -0.2) is 4.98 Å². The SMILES string of the molecule is [2H]c1c([2H])c([2H])c([Si](CCc2cc3c4c(c2)n(-c2cccc(Oc5ccc6c7ccccc7n(-c7cc(C(C)(C)C)ccn7)c6c5)c2)[c-][n+]4-c2c(cc(C(C)(C)C)cc2C(C)(C)C)-c2c([2H])c([2H])c([2H])c([2H])c2-c2c([2H])c([2H])c([2H])c([2H])c2-3)(c2c([2H])c([2H])c([2H])c([2H])c2[2H])c2c([2H])c([2H])c([2H])c([2H])c2[2H])c([2H])c1[2H]. The summed E-state index contributed by atoms with van der Waals surface area (Å²) >= 11 is 0. The number of rotatable bonds is 10. The maximum Gasteiger partial charge on any atom is 0.269 e. The van der Waals surface area contributed by atoms with Crippen LogP contribution >= 0.6 is 0 Å². The summed E-state index contributed by atoms with van der Waals surface area (Å²) in [5.74, 6) is 1.44. The van der Waals surface area contributed by atoms with Gasteiger partial charge in [0, 0.05) is 23.0 Å². The molecule has 1 aliphatic heterocycles. The predicted molar refractivity (Wildman–Crippen MR) is 361 cm³/mol. The summed E-state index contributed by atoms with van der Waals surface area (Å²) in [7, 11) is -5.54. The molecule has 14 rings (SSSR count). The van der Waals surface area contributed by atoms with Crippen LogP contribution in [0.4, 0.5) is 0 Å². The summed E-state index contributed by atoms with van der Waals surface area (Å²) < 4.78 is 231. The maximum absolute atomic E-state index is 10.2. The largest absolute Gasteiger partial charge is 0.458 e. The second-order valence-electron chi connectivity index (χ2n) is 24.9. The van der Waals surface area contributed by atoms with Crippen molar-refractivity contribution in [3.05, 3.63) is 277 Å². The van der Waals surface area contributed by atoms with E-state index in [2.05, 4.69) is 37.7 Å². The number of para-hydroxylation sites is 1. The van der Waals surface area contributed by atoms with Gasteiger partial charge >= 0.3 is 0 Å². The molecule has 0 fully saturated rings. The minimum atomic E-state index is -5.54. The molecule has 0 saturated heterocycles. The first kappa shape index (κ1) is 34.6. The summed E-state index contributed by atoms with van der Waals surface area (Å²) in [6.07, 6.45) is 4.96. The number of hydrogen-bond acceptors (Lipinski definition) is 2. The van der Waals surface area contributed by atoms with Crippen molar-refractivity contribution < 1.29 is 40.8 Å². The molecule has 1 aliphatic rings. The zero-order chi connectivity index (χ0) is 79.1. The molecule has 6 heteroatoms. The molecular weight excluding hydrogens is 1060 g/mol. The lowest BCUT2D eigenvalue weighted by molar-refractivity contribution is -0.572. The van der Waals surface area contributed by atoms with Crippen LogP contribution in [0.3, 0.4) is 0 Å². The number of benzene rings is 10. The third kappa shape index (κ3) is 9.48. The molecule has 0 aliphatic carbocycles. The first-order chi connectivity index (χ1) is 51.1. The molecular formula is C80H72N4OSi. The molecule has 422 valence electrons. The molecule has 10 aromatic carbocycles. The Labute approximate surface area is 539 Å². The quantitative estimate of drug-likeness (QED) is 0.0592. The fraction of sp³-hybridized carbons (Fsp3) is 0.175. The van der Waals surface area contributed by atoms with Crippen LogP contribution < -0.4 is 24.9 Å². The van der Waals surface area contributed by atoms with Crippen molar-refractivity contribution in [3.63, 3.8) is 0 Å². The van der Waals surface area contributed by atoms with E-state index in [0.29, 0.717) is 34.3 Å². The molecule has 0 radical (unpaired) electrons. The van der Waals surface area contributed by atoms with Gasteiger partial charge in [-0.2, -0.15) is 0 Å². The molecule has 13 aromatic rings. The Bertz CT molecular complexity index is 5910. The van der Waals surface area contributed by atoms with Gasteiger partial charge in [-0.15, -0.1) is 0 Å². The van der Waals surface area contributed by atoms with Crippen molar-refractivity contribution in [2.75, 3.05) is 0 Å². The number of ether oxygens (including phenoxy) is 1. The van der Waals surface area contributed by atoms with E-state index in [0.717, 1.165) is 32.9 Å². The summed E-state index contributed by atoms with van der Waals surface area (Å²) in [5, 5.41) is -0.109. The van der Waals surface area contributed by atoms with Crippen LogP contribution in [0, 0.1) is 6.33 Å². The average Bonchev–Trinajstić information content (AvgIpc) is 1.68. The van der Waals surface area contributed by atoms with Gasteiger partial charge in [-0.05, 0) is 149 Å². The molecule has 0 bridgehead atoms. The van der Waals surface area contributed by atoms with Gasteiger partial charge in [0.1, 0.15) is 25.4 Å². The van der Waals surface area contributed by atoms with Crippen molar-refractivity contribution >= 4 is 56.5 Å². The van der Waals surface area contributed by atoms with Crippen molar-refractivity contribution in [2.45, 2.75) is 91.0 Å². The number of pyridine rings is 1. The van der Waals surface area contributed by atoms with Crippen molar-refractivity contribution in [1.29, 1.82) is 0 Å². The standard InChI is InChI=1S/C80H72N4OSi/c1-78(2,3)55-42-44-81-75(50-55)84-72-39-24-23-38-67(72)68-41-40-59(52-73(68)84)85-58-27-25-26-57(51-58)82-53-83-76-70(48-56(79(4,5)6)49-71(76)80(7,8)9)66-37-22-20-35-64(66)63-34-19-21-36-65(63)69-46-54(47-74(82)77(69)83)43-45-86(60-28-13-10-14-29-60,61-30-15-11-16-31-61)62-32-17-12-18-33-62/h10-42,44,46-52H,43,45H2,1-9H3/i10D,11D,12D,13D,14D,15D,16D,17D,18D,19D,20D,21D,22D,28D,29D,30D,31D,32D,33D,34D,35D,36D,37D. The lowest BCUT2D eigenvalue weighted by Crippen LogP contribution is -2.67. The van der Waals surface area contributed by atoms with Crippen LogP contribution in [0.2, 0.25) is 6.04 Å². The predicted octanol–water partition coefficient (Wildman–Crippen LogP) is 17.9. The van der Waals surface area contributed by atoms with Crippen LogP contribution in [0.5, 0.6) is 11.5 Å². The Kier molecular flexibility index (Phi) is 8.44. The topological polar surface area (TPSA) is 35.9 Å². The molecule has 5 nitrogen and oxygen atoms in total. The van der Waals surface area contributed by atoms with Crippen molar-refractivity contribution in [3.8, 4) is 62.1 Å². The fourth-order valence-corrected chi connectivity index (χ4v) is 15.8. The number of fused-ring (bicyclic) bond motifs is 10. The summed E-state index contributed by atoms with van der Waals surface area (Å²) in [5.41, 5.74) is 2.97. The average molecular weight is 1160 g/mol. The van der Waals surface area contributed by atoms with Gasteiger partial charge in [0.2, 0.25) is 0 Å². The highest BCUT2D eigenvalue weighted by Crippen LogP contribution is 2.47. The van der Waals surface area contributed by atoms with E-state index in [9.17, 15) is 27.4 Å². The Balaban J connectivity index is 1.13. The highest BCUT2D eigenvalue weighted by atomic mass is 28.3. The lowest BCUT2D eigenvalue weighted by Gasteiger charge is -2.34. The zero-order valence-corrected chi connectivity index (χ0v) is 50.0. The van der Waals surface area contributed by atoms with Crippen LogP contribution in [0.15, 0.2) is 248 Å². The Hall–Kier alpha value is -9.36. The van der Waals surface area contributed by atoms with E-state index in [1.165, 1.54) is 0 Å². The third-order valence-corrected chi connectivity index (χ3v) is 20.7. The second-order valence-corrected chi connectivity index (χ2v) is 28.7. The van der Waals surface area contributed by atoms with Crippen molar-refractivity contribution in [1.82, 2.24) is 14.1 Å². The summed E-state index contributed by atoms with van der Waals surface area (Å²) in [6, 6.07) is 11.9. The summed E-state index contributed by atoms with van der Waals surface area (Å²) in [6.45, 7) is 18.3. The Morgan fingerprint density at radius 3 is 1.67 bits per heavy atom. The van der Waals surface area contributed by atoms with Gasteiger partial charge in [-0.1, -0.05) is 249 Å². The van der Waals surface area contributed by atoms with Gasteiger partial charge in [0.25, 0.3) is 6.33 Å². The van der Waals surface area contributed by atoms with E-state index in [1.807, 2.05) is 102 Å². The van der Waals surface area contributed by atoms with E-state index < -0.39 is 186 Å². The van der Waals surface area contributed by atoms with E-state index in [1.54, 1.807) is 51.7 Å². The van der Waals surface area contributed by atoms with Gasteiger partial charge < -0.3 is 4.74 Å².